The summed E-state index contributed by atoms with van der Waals surface area (Å²) in [5.41, 5.74) is 7.68. The fraction of sp³-hybridized carbons (Fsp3) is 0.0714. The fourth-order valence-electron chi connectivity index (χ4n) is 2.09. The average molecular weight is 319 g/mol. The second-order valence-electron chi connectivity index (χ2n) is 4.20. The highest BCUT2D eigenvalue weighted by Crippen LogP contribution is 2.36. The number of fused-ring (bicyclic) bond motifs is 1. The van der Waals surface area contributed by atoms with Crippen LogP contribution >= 0.6 is 15.9 Å². The van der Waals surface area contributed by atoms with Crippen molar-refractivity contribution in [1.82, 2.24) is 0 Å². The Balaban J connectivity index is 2.07. The zero-order valence-electron chi connectivity index (χ0n) is 9.92. The molecule has 19 heavy (non-hydrogen) atoms. The first-order chi connectivity index (χ1) is 9.16. The van der Waals surface area contributed by atoms with E-state index in [4.69, 9.17) is 10.5 Å². The maximum atomic E-state index is 12.1. The number of carbonyl (C=O) groups is 1. The lowest BCUT2D eigenvalue weighted by atomic mass is 10.1. The van der Waals surface area contributed by atoms with Crippen molar-refractivity contribution in [2.24, 2.45) is 5.73 Å². The lowest BCUT2D eigenvalue weighted by Crippen LogP contribution is -2.44. The van der Waals surface area contributed by atoms with Gasteiger partial charge >= 0.3 is 6.09 Å². The average Bonchev–Trinajstić information content (AvgIpc) is 2.41. The number of benzene rings is 2. The van der Waals surface area contributed by atoms with Gasteiger partial charge in [-0.25, -0.2) is 4.79 Å². The molecule has 0 bridgehead atoms. The van der Waals surface area contributed by atoms with E-state index >= 15 is 0 Å². The zero-order chi connectivity index (χ0) is 13.4. The normalized spacial score (nSPS) is 17.9. The van der Waals surface area contributed by atoms with E-state index in [0.29, 0.717) is 11.4 Å². The second kappa shape index (κ2) is 4.68. The predicted molar refractivity (Wildman–Crippen MR) is 76.0 cm³/mol. The van der Waals surface area contributed by atoms with Gasteiger partial charge in [-0.05, 0) is 30.3 Å². The fourth-order valence-corrected chi connectivity index (χ4v) is 2.47. The van der Waals surface area contributed by atoms with E-state index in [9.17, 15) is 4.79 Å². The van der Waals surface area contributed by atoms with Gasteiger partial charge in [0.05, 0.1) is 0 Å². The number of hydrogen-bond acceptors (Lipinski definition) is 3. The second-order valence-corrected chi connectivity index (χ2v) is 5.12. The molecule has 0 aromatic heterocycles. The summed E-state index contributed by atoms with van der Waals surface area (Å²) in [5, 5.41) is 0. The molecule has 1 aliphatic heterocycles. The summed E-state index contributed by atoms with van der Waals surface area (Å²) in [6.07, 6.45) is -1.02. The van der Waals surface area contributed by atoms with Gasteiger partial charge in [-0.1, -0.05) is 34.1 Å². The molecule has 0 fully saturated rings. The molecule has 0 spiro atoms. The molecule has 2 N–H and O–H groups in total. The van der Waals surface area contributed by atoms with Crippen LogP contribution in [0, 0.1) is 0 Å². The highest BCUT2D eigenvalue weighted by molar-refractivity contribution is 9.10. The summed E-state index contributed by atoms with van der Waals surface area (Å²) in [4.78, 5) is 13.5. The van der Waals surface area contributed by atoms with E-state index in [0.717, 1.165) is 10.0 Å². The molecule has 1 unspecified atom stereocenters. The van der Waals surface area contributed by atoms with Crippen molar-refractivity contribution in [2.75, 3.05) is 4.90 Å². The molecule has 1 amide bonds. The van der Waals surface area contributed by atoms with Gasteiger partial charge < -0.3 is 10.5 Å². The third-order valence-corrected chi connectivity index (χ3v) is 3.49. The van der Waals surface area contributed by atoms with E-state index in [-0.39, 0.29) is 0 Å². The van der Waals surface area contributed by atoms with Crippen LogP contribution in [0.5, 0.6) is 5.75 Å². The van der Waals surface area contributed by atoms with Gasteiger partial charge in [-0.3, -0.25) is 4.90 Å². The Morgan fingerprint density at radius 2 is 1.89 bits per heavy atom. The van der Waals surface area contributed by atoms with Gasteiger partial charge in [-0.2, -0.15) is 0 Å². The Kier molecular flexibility index (Phi) is 3.00. The van der Waals surface area contributed by atoms with Crippen LogP contribution in [-0.4, -0.2) is 6.09 Å². The third kappa shape index (κ3) is 2.11. The van der Waals surface area contributed by atoms with Crippen molar-refractivity contribution in [3.63, 3.8) is 0 Å². The van der Waals surface area contributed by atoms with Crippen molar-refractivity contribution in [2.45, 2.75) is 6.17 Å². The highest BCUT2D eigenvalue weighted by Gasteiger charge is 2.33. The Morgan fingerprint density at radius 1 is 1.16 bits per heavy atom. The number of amides is 1. The van der Waals surface area contributed by atoms with Gasteiger partial charge in [0.25, 0.3) is 0 Å². The Morgan fingerprint density at radius 3 is 2.63 bits per heavy atom. The Hall–Kier alpha value is -1.85. The molecule has 3 rings (SSSR count). The molecule has 0 saturated carbocycles. The largest absolute Gasteiger partial charge is 0.421 e. The molecule has 1 atom stereocenters. The van der Waals surface area contributed by atoms with Gasteiger partial charge in [0.2, 0.25) is 0 Å². The quantitative estimate of drug-likeness (QED) is 0.876. The van der Waals surface area contributed by atoms with Crippen LogP contribution in [0.25, 0.3) is 0 Å². The van der Waals surface area contributed by atoms with Crippen LogP contribution in [0.15, 0.2) is 53.0 Å². The van der Waals surface area contributed by atoms with Crippen LogP contribution in [0.4, 0.5) is 10.5 Å². The molecule has 0 radical (unpaired) electrons. The molecule has 1 heterocycles. The van der Waals surface area contributed by atoms with E-state index < -0.39 is 12.3 Å². The standard InChI is InChI=1S/C14H11BrN2O2/c15-9-6-7-12-11(8-9)13(16)17(14(18)19-12)10-4-2-1-3-5-10/h1-8,13H,16H2. The maximum Gasteiger partial charge on any atom is 0.421 e. The topological polar surface area (TPSA) is 55.6 Å². The summed E-state index contributed by atoms with van der Waals surface area (Å²) >= 11 is 3.39. The van der Waals surface area contributed by atoms with Crippen molar-refractivity contribution >= 4 is 27.7 Å². The molecule has 0 aliphatic carbocycles. The third-order valence-electron chi connectivity index (χ3n) is 3.00. The molecular weight excluding hydrogens is 308 g/mol. The zero-order valence-corrected chi connectivity index (χ0v) is 11.5. The van der Waals surface area contributed by atoms with Gasteiger partial charge in [0, 0.05) is 15.7 Å². The smallest absolute Gasteiger partial charge is 0.409 e. The van der Waals surface area contributed by atoms with Crippen molar-refractivity contribution in [1.29, 1.82) is 0 Å². The molecule has 4 nitrogen and oxygen atoms in total. The number of anilines is 1. The number of halogens is 1. The van der Waals surface area contributed by atoms with Crippen molar-refractivity contribution < 1.29 is 9.53 Å². The Bertz CT molecular complexity index is 631. The first kappa shape index (κ1) is 12.2. The molecule has 1 aliphatic rings. The molecule has 96 valence electrons. The minimum atomic E-state index is -0.559. The number of hydrogen-bond donors (Lipinski definition) is 1. The van der Waals surface area contributed by atoms with Crippen LogP contribution in [0.1, 0.15) is 11.7 Å². The van der Waals surface area contributed by atoms with Crippen LogP contribution in [0.3, 0.4) is 0 Å². The van der Waals surface area contributed by atoms with E-state index in [1.807, 2.05) is 42.5 Å². The van der Waals surface area contributed by atoms with E-state index in [1.165, 1.54) is 4.90 Å². The number of carbonyl (C=O) groups excluding carboxylic acids is 1. The Labute approximate surface area is 118 Å². The summed E-state index contributed by atoms with van der Waals surface area (Å²) in [5.74, 6) is 0.507. The summed E-state index contributed by atoms with van der Waals surface area (Å²) in [6, 6.07) is 14.7. The van der Waals surface area contributed by atoms with E-state index in [1.54, 1.807) is 6.07 Å². The summed E-state index contributed by atoms with van der Waals surface area (Å²) in [6.45, 7) is 0. The summed E-state index contributed by atoms with van der Waals surface area (Å²) in [7, 11) is 0. The molecule has 2 aromatic rings. The van der Waals surface area contributed by atoms with Crippen molar-refractivity contribution in [3.8, 4) is 5.75 Å². The van der Waals surface area contributed by atoms with Crippen LogP contribution in [0.2, 0.25) is 0 Å². The molecule has 2 aromatic carbocycles. The van der Waals surface area contributed by atoms with Crippen LogP contribution < -0.4 is 15.4 Å². The minimum Gasteiger partial charge on any atom is -0.409 e. The number of para-hydroxylation sites is 1. The highest BCUT2D eigenvalue weighted by atomic mass is 79.9. The van der Waals surface area contributed by atoms with Crippen LogP contribution in [-0.2, 0) is 0 Å². The SMILES string of the molecule is NC1c2cc(Br)ccc2OC(=O)N1c1ccccc1. The monoisotopic (exact) mass is 318 g/mol. The van der Waals surface area contributed by atoms with E-state index in [2.05, 4.69) is 15.9 Å². The lowest BCUT2D eigenvalue weighted by Gasteiger charge is -2.33. The molecular formula is C14H11BrN2O2. The van der Waals surface area contributed by atoms with Gasteiger partial charge in [-0.15, -0.1) is 0 Å². The number of rotatable bonds is 1. The number of nitrogens with zero attached hydrogens (tertiary/aromatic N) is 1. The van der Waals surface area contributed by atoms with Gasteiger partial charge in [0.1, 0.15) is 11.9 Å². The number of nitrogens with two attached hydrogens (primary N) is 1. The maximum absolute atomic E-state index is 12.1. The van der Waals surface area contributed by atoms with Gasteiger partial charge in [0.15, 0.2) is 0 Å². The first-order valence-electron chi connectivity index (χ1n) is 5.78. The first-order valence-corrected chi connectivity index (χ1v) is 6.57. The lowest BCUT2D eigenvalue weighted by molar-refractivity contribution is 0.199. The van der Waals surface area contributed by atoms with Crippen molar-refractivity contribution in [3.05, 3.63) is 58.6 Å². The molecule has 0 saturated heterocycles. The number of ether oxygens (including phenoxy) is 1. The summed E-state index contributed by atoms with van der Waals surface area (Å²) < 4.78 is 6.21. The minimum absolute atomic E-state index is 0.464. The predicted octanol–water partition coefficient (Wildman–Crippen LogP) is 3.43. The molecule has 5 heteroatoms.